The minimum Gasteiger partial charge on any atom is -0.504 e. The average Bonchev–Trinajstić information content (AvgIpc) is 2.77. The summed E-state index contributed by atoms with van der Waals surface area (Å²) in [6.45, 7) is 3.22. The Morgan fingerprint density at radius 2 is 1.70 bits per heavy atom. The van der Waals surface area contributed by atoms with Crippen LogP contribution in [0.25, 0.3) is 10.9 Å². The largest absolute Gasteiger partial charge is 0.504 e. The van der Waals surface area contributed by atoms with Gasteiger partial charge < -0.3 is 19.1 Å². The van der Waals surface area contributed by atoms with E-state index in [9.17, 15) is 9.90 Å². The van der Waals surface area contributed by atoms with Gasteiger partial charge in [0.1, 0.15) is 12.4 Å². The minimum absolute atomic E-state index is 0.00793. The number of unbranched alkanes of at least 4 members (excludes halogenated alkanes) is 5. The van der Waals surface area contributed by atoms with Gasteiger partial charge in [0.05, 0.1) is 12.6 Å². The number of ether oxygens (including phenoxy) is 2. The maximum atomic E-state index is 12.9. The molecule has 0 saturated carbocycles. The lowest BCUT2D eigenvalue weighted by Crippen LogP contribution is -2.22. The Morgan fingerprint density at radius 1 is 0.967 bits per heavy atom. The summed E-state index contributed by atoms with van der Waals surface area (Å²) in [5.41, 5.74) is 1.42. The number of aryl methyl sites for hydroxylation is 1. The van der Waals surface area contributed by atoms with Crippen molar-refractivity contribution in [3.63, 3.8) is 0 Å². The van der Waals surface area contributed by atoms with Crippen molar-refractivity contribution in [3.05, 3.63) is 64.4 Å². The molecular formula is C25H31NO4. The maximum Gasteiger partial charge on any atom is 0.297 e. The number of aromatic nitrogens is 1. The molecule has 0 bridgehead atoms. The van der Waals surface area contributed by atoms with Crippen LogP contribution in [0.1, 0.15) is 51.0 Å². The van der Waals surface area contributed by atoms with E-state index in [0.29, 0.717) is 29.8 Å². The molecule has 0 unspecified atom stereocenters. The number of hydrogen-bond acceptors (Lipinski definition) is 4. The van der Waals surface area contributed by atoms with E-state index in [0.717, 1.165) is 18.4 Å². The van der Waals surface area contributed by atoms with Crippen molar-refractivity contribution in [3.8, 4) is 17.2 Å². The number of rotatable bonds is 11. The predicted molar refractivity (Wildman–Crippen MR) is 121 cm³/mol. The third-order valence-electron chi connectivity index (χ3n) is 5.36. The Hall–Kier alpha value is -2.95. The van der Waals surface area contributed by atoms with Crippen LogP contribution in [0, 0.1) is 0 Å². The fourth-order valence-electron chi connectivity index (χ4n) is 3.68. The second-order valence-corrected chi connectivity index (χ2v) is 7.56. The normalized spacial score (nSPS) is 11.0. The molecule has 1 heterocycles. The molecule has 0 radical (unpaired) electrons. The van der Waals surface area contributed by atoms with Gasteiger partial charge in [0.25, 0.3) is 5.56 Å². The zero-order valence-corrected chi connectivity index (χ0v) is 17.9. The molecule has 0 fully saturated rings. The number of fused-ring (bicyclic) bond motifs is 1. The molecule has 0 aliphatic carbocycles. The van der Waals surface area contributed by atoms with E-state index in [4.69, 9.17) is 9.47 Å². The number of nitrogens with zero attached hydrogens (tertiary/aromatic N) is 1. The Bertz CT molecular complexity index is 1010. The average molecular weight is 410 g/mol. The summed E-state index contributed by atoms with van der Waals surface area (Å²) >= 11 is 0. The summed E-state index contributed by atoms with van der Waals surface area (Å²) in [6, 6.07) is 15.4. The quantitative estimate of drug-likeness (QED) is 0.415. The lowest BCUT2D eigenvalue weighted by atomic mass is 10.1. The van der Waals surface area contributed by atoms with Crippen LogP contribution in [0.2, 0.25) is 0 Å². The van der Waals surface area contributed by atoms with Crippen LogP contribution in [0.3, 0.4) is 0 Å². The van der Waals surface area contributed by atoms with Crippen molar-refractivity contribution in [2.24, 2.45) is 0 Å². The number of pyridine rings is 1. The number of aromatic hydroxyl groups is 1. The molecule has 0 spiro atoms. The molecule has 30 heavy (non-hydrogen) atoms. The molecule has 160 valence electrons. The van der Waals surface area contributed by atoms with Gasteiger partial charge in [0.15, 0.2) is 5.75 Å². The molecular weight excluding hydrogens is 378 g/mol. The first-order valence-corrected chi connectivity index (χ1v) is 10.8. The fraction of sp³-hybridized carbons (Fsp3) is 0.400. The molecule has 0 aliphatic heterocycles. The summed E-state index contributed by atoms with van der Waals surface area (Å²) in [5, 5.41) is 11.1. The Kier molecular flexibility index (Phi) is 7.77. The van der Waals surface area contributed by atoms with Gasteiger partial charge in [-0.15, -0.1) is 0 Å². The van der Waals surface area contributed by atoms with Crippen molar-refractivity contribution < 1.29 is 14.6 Å². The smallest absolute Gasteiger partial charge is 0.297 e. The predicted octanol–water partition coefficient (Wildman–Crippen LogP) is 5.66. The topological polar surface area (TPSA) is 60.7 Å². The van der Waals surface area contributed by atoms with Crippen LogP contribution in [0.4, 0.5) is 0 Å². The van der Waals surface area contributed by atoms with Gasteiger partial charge in [-0.1, -0.05) is 69.4 Å². The first-order valence-electron chi connectivity index (χ1n) is 10.8. The molecule has 3 aromatic rings. The van der Waals surface area contributed by atoms with Crippen molar-refractivity contribution in [2.75, 3.05) is 7.11 Å². The Balaban J connectivity index is 1.86. The van der Waals surface area contributed by atoms with Crippen molar-refractivity contribution in [1.82, 2.24) is 4.57 Å². The molecule has 5 heteroatoms. The second kappa shape index (κ2) is 10.7. The van der Waals surface area contributed by atoms with E-state index in [1.54, 1.807) is 10.6 Å². The molecule has 1 aromatic heterocycles. The standard InChI is InChI=1S/C25H31NO4/c1-3-4-5-6-7-11-16-26-22-17-20(30-18-19-12-9-8-10-13-19)14-15-21(22)23(27)24(29-2)25(26)28/h8-10,12-15,17,27H,3-7,11,16,18H2,1-2H3. The lowest BCUT2D eigenvalue weighted by Gasteiger charge is -2.16. The number of methoxy groups -OCH3 is 1. The summed E-state index contributed by atoms with van der Waals surface area (Å²) in [7, 11) is 1.41. The van der Waals surface area contributed by atoms with Crippen molar-refractivity contribution in [2.45, 2.75) is 58.6 Å². The van der Waals surface area contributed by atoms with E-state index >= 15 is 0 Å². The van der Waals surface area contributed by atoms with Crippen molar-refractivity contribution in [1.29, 1.82) is 0 Å². The van der Waals surface area contributed by atoms with Crippen LogP contribution in [0.5, 0.6) is 17.2 Å². The lowest BCUT2D eigenvalue weighted by molar-refractivity contribution is 0.306. The monoisotopic (exact) mass is 409 g/mol. The van der Waals surface area contributed by atoms with Crippen LogP contribution < -0.4 is 15.0 Å². The molecule has 5 nitrogen and oxygen atoms in total. The van der Waals surface area contributed by atoms with Gasteiger partial charge >= 0.3 is 0 Å². The van der Waals surface area contributed by atoms with Gasteiger partial charge in [-0.3, -0.25) is 4.79 Å². The third-order valence-corrected chi connectivity index (χ3v) is 5.36. The van der Waals surface area contributed by atoms with Crippen LogP contribution in [-0.4, -0.2) is 16.8 Å². The summed E-state index contributed by atoms with van der Waals surface area (Å²) < 4.78 is 12.8. The van der Waals surface area contributed by atoms with E-state index in [1.165, 1.54) is 32.8 Å². The second-order valence-electron chi connectivity index (χ2n) is 7.56. The molecule has 0 amide bonds. The highest BCUT2D eigenvalue weighted by Gasteiger charge is 2.17. The SMILES string of the molecule is CCCCCCCCn1c(=O)c(OC)c(O)c2ccc(OCc3ccccc3)cc21. The molecule has 0 aliphatic rings. The van der Waals surface area contributed by atoms with E-state index < -0.39 is 0 Å². The summed E-state index contributed by atoms with van der Waals surface area (Å²) in [4.78, 5) is 12.9. The number of benzene rings is 2. The molecule has 2 aromatic carbocycles. The Morgan fingerprint density at radius 3 is 2.43 bits per heavy atom. The van der Waals surface area contributed by atoms with Gasteiger partial charge in [-0.05, 0) is 24.1 Å². The van der Waals surface area contributed by atoms with E-state index in [1.807, 2.05) is 42.5 Å². The molecule has 1 N–H and O–H groups in total. The number of hydrogen-bond donors (Lipinski definition) is 1. The van der Waals surface area contributed by atoms with E-state index in [-0.39, 0.29) is 17.1 Å². The van der Waals surface area contributed by atoms with Gasteiger partial charge in [-0.25, -0.2) is 0 Å². The highest BCUT2D eigenvalue weighted by molar-refractivity contribution is 5.88. The van der Waals surface area contributed by atoms with Gasteiger partial charge in [0, 0.05) is 18.0 Å². The van der Waals surface area contributed by atoms with Crippen molar-refractivity contribution >= 4 is 10.9 Å². The van der Waals surface area contributed by atoms with E-state index in [2.05, 4.69) is 6.92 Å². The summed E-state index contributed by atoms with van der Waals surface area (Å²) in [6.07, 6.45) is 6.83. The maximum absolute atomic E-state index is 12.9. The Labute approximate surface area is 177 Å². The summed E-state index contributed by atoms with van der Waals surface area (Å²) in [5.74, 6) is 0.532. The first-order chi connectivity index (χ1) is 14.7. The highest BCUT2D eigenvalue weighted by atomic mass is 16.5. The molecule has 0 saturated heterocycles. The van der Waals surface area contributed by atoms with Crippen LogP contribution >= 0.6 is 0 Å². The molecule has 0 atom stereocenters. The first kappa shape index (κ1) is 21.8. The third kappa shape index (κ3) is 5.15. The zero-order chi connectivity index (χ0) is 21.3. The highest BCUT2D eigenvalue weighted by Crippen LogP contribution is 2.33. The fourth-order valence-corrected chi connectivity index (χ4v) is 3.68. The van der Waals surface area contributed by atoms with Gasteiger partial charge in [-0.2, -0.15) is 0 Å². The van der Waals surface area contributed by atoms with Gasteiger partial charge in [0.2, 0.25) is 5.75 Å². The van der Waals surface area contributed by atoms with Crippen LogP contribution in [0.15, 0.2) is 53.3 Å². The minimum atomic E-state index is -0.309. The zero-order valence-electron chi connectivity index (χ0n) is 17.9. The molecule has 3 rings (SSSR count). The van der Waals surface area contributed by atoms with Crippen LogP contribution in [-0.2, 0) is 13.2 Å².